The van der Waals surface area contributed by atoms with Gasteiger partial charge in [0.25, 0.3) is 11.5 Å². The Morgan fingerprint density at radius 1 is 1.19 bits per heavy atom. The normalized spacial score (nSPS) is 11.9. The van der Waals surface area contributed by atoms with Crippen molar-refractivity contribution < 1.29 is 4.79 Å². The van der Waals surface area contributed by atoms with E-state index >= 15 is 0 Å². The van der Waals surface area contributed by atoms with Crippen molar-refractivity contribution in [1.29, 1.82) is 0 Å². The molecule has 1 aromatic carbocycles. The number of aryl methyl sites for hydroxylation is 3. The summed E-state index contributed by atoms with van der Waals surface area (Å²) in [6.45, 7) is 5.80. The average Bonchev–Trinajstić information content (AvgIpc) is 3.70. The molecule has 13 heteroatoms. The van der Waals surface area contributed by atoms with Crippen molar-refractivity contribution in [3.63, 3.8) is 0 Å². The number of aromatic nitrogens is 8. The van der Waals surface area contributed by atoms with E-state index in [4.69, 9.17) is 10.7 Å². The molecule has 6 aromatic rings. The number of hydrogen-bond acceptors (Lipinski definition) is 9. The Balaban J connectivity index is 1.42. The summed E-state index contributed by atoms with van der Waals surface area (Å²) in [6, 6.07) is 6.49. The number of nitrogens with one attached hydrogen (secondary N) is 2. The highest BCUT2D eigenvalue weighted by Crippen LogP contribution is 2.21. The lowest BCUT2D eigenvalue weighted by Gasteiger charge is -2.20. The smallest absolute Gasteiger partial charge is 0.262 e. The molecule has 1 amide bonds. The van der Waals surface area contributed by atoms with Gasteiger partial charge in [-0.1, -0.05) is 12.0 Å². The van der Waals surface area contributed by atoms with Gasteiger partial charge in [-0.15, -0.1) is 16.4 Å². The molecule has 0 aliphatic rings. The predicted molar refractivity (Wildman–Crippen MR) is 159 cm³/mol. The number of nitrogens with zero attached hydrogens (tertiary/aromatic N) is 7. The number of carbonyl (C=O) groups is 1. The van der Waals surface area contributed by atoms with E-state index in [2.05, 4.69) is 42.2 Å². The van der Waals surface area contributed by atoms with Crippen LogP contribution in [0, 0.1) is 25.7 Å². The highest BCUT2D eigenvalue weighted by Gasteiger charge is 2.24. The number of nitrogen functional groups attached to an aromatic ring is 1. The topological polar surface area (TPSA) is 162 Å². The first-order valence-corrected chi connectivity index (χ1v) is 14.0. The van der Waals surface area contributed by atoms with E-state index < -0.39 is 11.9 Å². The number of amides is 1. The Kier molecular flexibility index (Phi) is 6.97. The number of nitrogens with two attached hydrogens (primary N) is 1. The monoisotopic (exact) mass is 578 g/mol. The van der Waals surface area contributed by atoms with Crippen LogP contribution in [0.5, 0.6) is 0 Å². The molecule has 4 N–H and O–H groups in total. The van der Waals surface area contributed by atoms with E-state index in [0.717, 1.165) is 21.3 Å². The number of rotatable bonds is 6. The van der Waals surface area contributed by atoms with E-state index in [-0.39, 0.29) is 23.5 Å². The molecule has 12 nitrogen and oxygen atoms in total. The summed E-state index contributed by atoms with van der Waals surface area (Å²) in [5.41, 5.74) is 8.91. The maximum absolute atomic E-state index is 14.1. The quantitative estimate of drug-likeness (QED) is 0.254. The second kappa shape index (κ2) is 10.9. The van der Waals surface area contributed by atoms with Gasteiger partial charge in [0.05, 0.1) is 45.0 Å². The van der Waals surface area contributed by atoms with Crippen LogP contribution in [0.3, 0.4) is 0 Å². The Bertz CT molecular complexity index is 2080. The van der Waals surface area contributed by atoms with Gasteiger partial charge < -0.3 is 16.0 Å². The first-order valence-electron chi connectivity index (χ1n) is 13.2. The maximum atomic E-state index is 14.1. The molecule has 0 unspecified atom stereocenters. The molecule has 6 rings (SSSR count). The number of carbonyl (C=O) groups excluding carboxylic acids is 1. The fraction of sp³-hybridized carbons (Fsp3) is 0.207. The van der Waals surface area contributed by atoms with Crippen LogP contribution in [-0.2, 0) is 13.0 Å². The molecule has 0 bridgehead atoms. The molecule has 0 aliphatic carbocycles. The lowest BCUT2D eigenvalue weighted by molar-refractivity contribution is 0.0939. The van der Waals surface area contributed by atoms with Gasteiger partial charge in [-0.2, -0.15) is 0 Å². The number of imidazole rings is 1. The van der Waals surface area contributed by atoms with Crippen molar-refractivity contribution in [2.45, 2.75) is 39.8 Å². The van der Waals surface area contributed by atoms with Gasteiger partial charge in [-0.25, -0.2) is 24.5 Å². The van der Waals surface area contributed by atoms with Crippen LogP contribution in [-0.4, -0.2) is 45.0 Å². The van der Waals surface area contributed by atoms with E-state index in [1.165, 1.54) is 15.9 Å². The highest BCUT2D eigenvalue weighted by molar-refractivity contribution is 7.12. The molecular formula is C29H26N10O2S. The van der Waals surface area contributed by atoms with Crippen molar-refractivity contribution in [1.82, 2.24) is 44.4 Å². The number of anilines is 1. The molecule has 0 aliphatic heterocycles. The lowest BCUT2D eigenvalue weighted by Crippen LogP contribution is -2.34. The van der Waals surface area contributed by atoms with Crippen molar-refractivity contribution >= 4 is 39.6 Å². The molecule has 5 aromatic heterocycles. The minimum absolute atomic E-state index is 0.0551. The summed E-state index contributed by atoms with van der Waals surface area (Å²) in [7, 11) is 0. The summed E-state index contributed by atoms with van der Waals surface area (Å²) in [5.74, 6) is 6.21. The molecule has 210 valence electrons. The average molecular weight is 579 g/mol. The zero-order valence-corrected chi connectivity index (χ0v) is 23.9. The number of benzene rings is 1. The fourth-order valence-electron chi connectivity index (χ4n) is 4.72. The Labute approximate surface area is 243 Å². The lowest BCUT2D eigenvalue weighted by atomic mass is 10.1. The van der Waals surface area contributed by atoms with Gasteiger partial charge in [0.1, 0.15) is 11.4 Å². The SMILES string of the molecule is Cc1ccn2nc(N)c(C(=O)N[C@H](C)c3nc4cccc(C#Cc5cnc(C)s5)c4c(=O)n3CCc3c[nH]cn3)c2n1. The van der Waals surface area contributed by atoms with Crippen molar-refractivity contribution in [2.24, 2.45) is 0 Å². The molecule has 0 saturated heterocycles. The van der Waals surface area contributed by atoms with Crippen molar-refractivity contribution in [3.05, 3.63) is 97.8 Å². The van der Waals surface area contributed by atoms with Gasteiger partial charge in [0.15, 0.2) is 11.5 Å². The molecule has 42 heavy (non-hydrogen) atoms. The third kappa shape index (κ3) is 5.11. The largest absolute Gasteiger partial charge is 0.381 e. The third-order valence-electron chi connectivity index (χ3n) is 6.71. The number of thiazole rings is 1. The molecule has 0 saturated carbocycles. The Hall–Kier alpha value is -5.35. The summed E-state index contributed by atoms with van der Waals surface area (Å²) < 4.78 is 3.04. The molecule has 0 spiro atoms. The standard InChI is InChI=1S/C29H26N10O2S/c1-16-9-12-39-27(34-16)24(25(30)37-39)28(40)35-17(2)26-36-22-6-4-5-19(7-8-21-14-32-18(3)42-21)23(22)29(41)38(26)11-10-20-13-31-15-33-20/h4-6,9,12-15,17H,10-11H2,1-3H3,(H2,30,37)(H,31,33)(H,35,40)/t17-/m1/s1. The number of fused-ring (bicyclic) bond motifs is 2. The van der Waals surface area contributed by atoms with Crippen molar-refractivity contribution in [3.8, 4) is 11.8 Å². The van der Waals surface area contributed by atoms with E-state index in [9.17, 15) is 9.59 Å². The molecule has 0 radical (unpaired) electrons. The molecular weight excluding hydrogens is 552 g/mol. The van der Waals surface area contributed by atoms with Crippen LogP contribution in [0.2, 0.25) is 0 Å². The summed E-state index contributed by atoms with van der Waals surface area (Å²) in [5, 5.41) is 8.48. The van der Waals surface area contributed by atoms with Gasteiger partial charge in [-0.3, -0.25) is 14.2 Å². The first-order chi connectivity index (χ1) is 20.3. The highest BCUT2D eigenvalue weighted by atomic mass is 32.1. The number of H-pyrrole nitrogens is 1. The maximum Gasteiger partial charge on any atom is 0.262 e. The van der Waals surface area contributed by atoms with Crippen LogP contribution in [0.15, 0.2) is 54.0 Å². The minimum Gasteiger partial charge on any atom is -0.381 e. The van der Waals surface area contributed by atoms with Crippen LogP contribution >= 0.6 is 11.3 Å². The van der Waals surface area contributed by atoms with Gasteiger partial charge in [0, 0.05) is 36.6 Å². The van der Waals surface area contributed by atoms with E-state index in [1.807, 2.05) is 19.9 Å². The first kappa shape index (κ1) is 26.9. The van der Waals surface area contributed by atoms with Crippen LogP contribution in [0.1, 0.15) is 56.0 Å². The van der Waals surface area contributed by atoms with Crippen molar-refractivity contribution in [2.75, 3.05) is 5.73 Å². The summed E-state index contributed by atoms with van der Waals surface area (Å²) >= 11 is 1.49. The van der Waals surface area contributed by atoms with Gasteiger partial charge >= 0.3 is 0 Å². The van der Waals surface area contributed by atoms with Crippen LogP contribution in [0.25, 0.3) is 16.6 Å². The van der Waals surface area contributed by atoms with Gasteiger partial charge in [0.2, 0.25) is 0 Å². The number of aromatic amines is 1. The van der Waals surface area contributed by atoms with E-state index in [1.54, 1.807) is 54.6 Å². The Morgan fingerprint density at radius 3 is 2.81 bits per heavy atom. The second-order valence-electron chi connectivity index (χ2n) is 9.72. The summed E-state index contributed by atoms with van der Waals surface area (Å²) in [4.78, 5) is 49.2. The van der Waals surface area contributed by atoms with Crippen LogP contribution in [0.4, 0.5) is 5.82 Å². The van der Waals surface area contributed by atoms with Gasteiger partial charge in [-0.05, 0) is 44.9 Å². The second-order valence-corrected chi connectivity index (χ2v) is 11.0. The summed E-state index contributed by atoms with van der Waals surface area (Å²) in [6.07, 6.45) is 7.26. The molecule has 5 heterocycles. The van der Waals surface area contributed by atoms with E-state index in [0.29, 0.717) is 34.4 Å². The fourth-order valence-corrected chi connectivity index (χ4v) is 5.35. The molecule has 1 atom stereocenters. The minimum atomic E-state index is -0.664. The van der Waals surface area contributed by atoms with Crippen LogP contribution < -0.4 is 16.6 Å². The number of hydrogen-bond donors (Lipinski definition) is 3. The zero-order valence-electron chi connectivity index (χ0n) is 23.0. The molecule has 0 fully saturated rings. The Morgan fingerprint density at radius 2 is 2.05 bits per heavy atom. The zero-order chi connectivity index (χ0) is 29.4. The third-order valence-corrected chi connectivity index (χ3v) is 7.54. The predicted octanol–water partition coefficient (Wildman–Crippen LogP) is 2.95.